The van der Waals surface area contributed by atoms with Crippen LogP contribution in [0.4, 0.5) is 29.4 Å². The van der Waals surface area contributed by atoms with Crippen LogP contribution >= 0.6 is 31.3 Å². The van der Waals surface area contributed by atoms with Gasteiger partial charge in [-0.05, 0) is 13.8 Å². The van der Waals surface area contributed by atoms with Gasteiger partial charge in [-0.3, -0.25) is 56.7 Å². The number of aromatic amines is 3. The van der Waals surface area contributed by atoms with E-state index < -0.39 is 153 Å². The number of rotatable bonds is 23. The smallest absolute Gasteiger partial charge is 0.304 e. The number of nitrogens with zero attached hydrogens (tertiary/aromatic N) is 9. The number of methoxy groups -OCH3 is 2. The van der Waals surface area contributed by atoms with Gasteiger partial charge in [-0.15, -0.1) is 0 Å². The summed E-state index contributed by atoms with van der Waals surface area (Å²) in [5.41, 5.74) is 14.2. The standard InChI is InChI=1S/C36H53N15O26P4/c1-12(2)70-22-15(72-31(20(22)53)49-9-40-16-25(49)42-34(37)45-28(16)54)8-68-78(57,58)74-23-13(73-33(24(23)66-5)50-10-41-17-26(50)43-35(38)46-29(17)55)6-67-75-80(61,62)77-81(63,64)76-79(59,60)69-7-14-21(65-4)19(52)32(71-14)51-11-48(3)18-27(51)44-36(39)47-30(18)56/h9-10,12-15,19-24,31-33,52-53H,6-8,11H2,1-5H3,(H,57,58)(H,59,60)(H,61,62)(H,63,64)(H3,37,42,45,54)(H3,38,43,46,55)(H3,39,44,47,56)/p-4/t13-,14-,15-,19?,20+,21+,22?,23?,24+,31-,32-,33-/m1/s1. The zero-order valence-corrected chi connectivity index (χ0v) is 45.8. The molecule has 0 aliphatic carbocycles. The summed E-state index contributed by atoms with van der Waals surface area (Å²) in [6.45, 7) is -0.197. The lowest BCUT2D eigenvalue weighted by Gasteiger charge is -2.34. The van der Waals surface area contributed by atoms with Crippen LogP contribution in [0.3, 0.4) is 0 Å². The number of phosphoric acid groups is 4. The van der Waals surface area contributed by atoms with E-state index in [0.29, 0.717) is 0 Å². The quantitative estimate of drug-likeness (QED) is 0.0172. The van der Waals surface area contributed by atoms with E-state index in [1.165, 1.54) is 16.8 Å². The van der Waals surface area contributed by atoms with Crippen LogP contribution in [0.2, 0.25) is 0 Å². The number of nitrogens with one attached hydrogen (secondary N) is 3. The van der Waals surface area contributed by atoms with Crippen LogP contribution in [-0.2, 0) is 78.4 Å². The van der Waals surface area contributed by atoms with Crippen LogP contribution in [0, 0.1) is 0 Å². The van der Waals surface area contributed by atoms with Gasteiger partial charge in [-0.2, -0.15) is 19.6 Å². The van der Waals surface area contributed by atoms with Gasteiger partial charge in [0.15, 0.2) is 46.8 Å². The van der Waals surface area contributed by atoms with Gasteiger partial charge in [0.25, 0.3) is 40.1 Å². The third-order valence-corrected chi connectivity index (χ3v) is 17.3. The molecule has 3 saturated heterocycles. The van der Waals surface area contributed by atoms with E-state index in [9.17, 15) is 62.4 Å². The Morgan fingerprint density at radius 2 is 1.16 bits per heavy atom. The second kappa shape index (κ2) is 23.1. The number of aromatic nitrogens is 10. The zero-order chi connectivity index (χ0) is 58.8. The SMILES string of the molecule is CO[C@@H]1C(O)[C@H](N2CN(C)c3c2nc(N)[nH]c3=O)O[C@@H]1COP(=O)([O-])OP(=O)([O-])OP(=O)([O-])OOC[C@H]1O[C@@H](n2cnc3c(=O)[nH]c(N)nc32)[C@@H](OC)C1OP(=O)([O-])OC[C@H]1O[C@@H](n2cnc3c(=O)[nH]c(N)nc32)[C@@H](O)C1OC(C)C. The molecule has 5 aromatic heterocycles. The number of hydrogen-bond acceptors (Lipinski definition) is 36. The largest absolute Gasteiger partial charge is 0.756 e. The Labute approximate surface area is 451 Å². The molecule has 81 heavy (non-hydrogen) atoms. The van der Waals surface area contributed by atoms with Crippen molar-refractivity contribution >= 4 is 83.0 Å². The third-order valence-electron chi connectivity index (χ3n) is 12.4. The minimum atomic E-state index is -6.58. The first kappa shape index (κ1) is 60.3. The molecule has 0 amide bonds. The summed E-state index contributed by atoms with van der Waals surface area (Å²) >= 11 is 0. The van der Waals surface area contributed by atoms with Gasteiger partial charge < -0.3 is 98.8 Å². The molecule has 0 aromatic carbocycles. The van der Waals surface area contributed by atoms with Gasteiger partial charge in [-0.1, -0.05) is 0 Å². The minimum absolute atomic E-state index is 0.0188. The van der Waals surface area contributed by atoms with Crippen molar-refractivity contribution in [2.45, 2.75) is 93.6 Å². The summed E-state index contributed by atoms with van der Waals surface area (Å²) in [5.74, 6) is -1.00. The van der Waals surface area contributed by atoms with Crippen molar-refractivity contribution in [2.75, 3.05) is 74.8 Å². The number of hydrogen-bond donors (Lipinski definition) is 8. The van der Waals surface area contributed by atoms with Gasteiger partial charge in [-0.25, -0.2) is 23.5 Å². The fourth-order valence-electron chi connectivity index (χ4n) is 9.22. The van der Waals surface area contributed by atoms with Crippen LogP contribution in [0.15, 0.2) is 27.0 Å². The van der Waals surface area contributed by atoms with Gasteiger partial charge >= 0.3 is 7.82 Å². The molecule has 0 spiro atoms. The molecule has 0 radical (unpaired) electrons. The first-order valence-electron chi connectivity index (χ1n) is 23.3. The molecular weight excluding hydrogens is 1180 g/mol. The summed E-state index contributed by atoms with van der Waals surface area (Å²) in [5, 5.41) is 22.5. The molecule has 45 heteroatoms. The number of fused-ring (bicyclic) bond motifs is 3. The van der Waals surface area contributed by atoms with Crippen LogP contribution in [0.1, 0.15) is 26.3 Å². The van der Waals surface area contributed by atoms with E-state index in [4.69, 9.17) is 59.6 Å². The molecule has 7 unspecified atom stereocenters. The van der Waals surface area contributed by atoms with Gasteiger partial charge in [0.05, 0.1) is 38.6 Å². The highest BCUT2D eigenvalue weighted by atomic mass is 31.3. The lowest BCUT2D eigenvalue weighted by atomic mass is 10.1. The molecule has 5 aromatic rings. The average molecular weight is 1230 g/mol. The highest BCUT2D eigenvalue weighted by Gasteiger charge is 2.52. The highest BCUT2D eigenvalue weighted by molar-refractivity contribution is 7.65. The minimum Gasteiger partial charge on any atom is -0.756 e. The van der Waals surface area contributed by atoms with Crippen LogP contribution in [0.25, 0.3) is 22.3 Å². The Morgan fingerprint density at radius 3 is 1.75 bits per heavy atom. The van der Waals surface area contributed by atoms with Gasteiger partial charge in [0, 0.05) is 21.3 Å². The normalized spacial score (nSPS) is 29.8. The molecule has 0 bridgehead atoms. The molecule has 4 aliphatic rings. The van der Waals surface area contributed by atoms with Crippen molar-refractivity contribution in [3.8, 4) is 0 Å². The Balaban J connectivity index is 0.862. The molecule has 9 rings (SSSR count). The summed E-state index contributed by atoms with van der Waals surface area (Å²) < 4.78 is 116. The summed E-state index contributed by atoms with van der Waals surface area (Å²) in [7, 11) is -21.2. The van der Waals surface area contributed by atoms with E-state index in [1.54, 1.807) is 13.8 Å². The van der Waals surface area contributed by atoms with Gasteiger partial charge in [0.1, 0.15) is 67.2 Å². The summed E-state index contributed by atoms with van der Waals surface area (Å²) in [6, 6.07) is 0. The first-order valence-corrected chi connectivity index (χ1v) is 29.2. The van der Waals surface area contributed by atoms with E-state index in [-0.39, 0.29) is 52.4 Å². The molecule has 11 N–H and O–H groups in total. The Morgan fingerprint density at radius 1 is 0.667 bits per heavy atom. The molecule has 448 valence electrons. The summed E-state index contributed by atoms with van der Waals surface area (Å²) in [6.07, 6.45) is -17.2. The monoisotopic (exact) mass is 1230 g/mol. The second-order valence-electron chi connectivity index (χ2n) is 18.2. The highest BCUT2D eigenvalue weighted by Crippen LogP contribution is 2.63. The number of imidazole rings is 2. The third kappa shape index (κ3) is 12.7. The molecular formula is C36H49N15O26P4-4. The first-order chi connectivity index (χ1) is 38.0. The number of nitrogens with two attached hydrogens (primary N) is 3. The maximum atomic E-state index is 13.8. The second-order valence-corrected chi connectivity index (χ2v) is 23.9. The number of ether oxygens (including phenoxy) is 6. The van der Waals surface area contributed by atoms with Crippen molar-refractivity contribution in [3.05, 3.63) is 43.7 Å². The maximum Gasteiger partial charge on any atom is 0.304 e. The lowest BCUT2D eigenvalue weighted by Crippen LogP contribution is -2.46. The lowest BCUT2D eigenvalue weighted by molar-refractivity contribution is -0.314. The van der Waals surface area contributed by atoms with Crippen LogP contribution < -0.4 is 63.3 Å². The molecule has 3 fully saturated rings. The average Bonchev–Trinajstić information content (AvgIpc) is 4.35. The van der Waals surface area contributed by atoms with Crippen molar-refractivity contribution < 1.29 is 108 Å². The van der Waals surface area contributed by atoms with Crippen molar-refractivity contribution in [1.82, 2.24) is 49.0 Å². The fourth-order valence-corrected chi connectivity index (χ4v) is 13.3. The molecule has 41 nitrogen and oxygen atoms in total. The van der Waals surface area contributed by atoms with E-state index in [1.807, 2.05) is 0 Å². The van der Waals surface area contributed by atoms with Crippen molar-refractivity contribution in [3.63, 3.8) is 0 Å². The van der Waals surface area contributed by atoms with Crippen LogP contribution in [-0.4, -0.2) is 174 Å². The number of phosphoric ester groups is 2. The number of anilines is 5. The Kier molecular flexibility index (Phi) is 17.2. The molecule has 0 saturated carbocycles. The van der Waals surface area contributed by atoms with Crippen molar-refractivity contribution in [2.24, 2.45) is 0 Å². The Bertz CT molecular complexity index is 3530. The van der Waals surface area contributed by atoms with E-state index >= 15 is 0 Å². The zero-order valence-electron chi connectivity index (χ0n) is 42.2. The predicted octanol–water partition coefficient (Wildman–Crippen LogP) is -5.66. The molecule has 16 atom stereocenters. The number of aliphatic hydroxyl groups excluding tert-OH is 2. The van der Waals surface area contributed by atoms with E-state index in [0.717, 1.165) is 36.0 Å². The Hall–Kier alpha value is -5.26. The van der Waals surface area contributed by atoms with Gasteiger partial charge in [0.2, 0.25) is 17.8 Å². The number of nitrogen functional groups attached to an aromatic ring is 3. The maximum absolute atomic E-state index is 13.8. The summed E-state index contributed by atoms with van der Waals surface area (Å²) in [4.78, 5) is 124. The number of aliphatic hydroxyl groups is 2. The van der Waals surface area contributed by atoms with Crippen LogP contribution in [0.5, 0.6) is 0 Å². The molecule has 9 heterocycles. The predicted molar refractivity (Wildman–Crippen MR) is 257 cm³/mol. The molecule has 4 aliphatic heterocycles. The fraction of sp³-hybridized carbons (Fsp3) is 0.611. The topological polar surface area (TPSA) is 578 Å². The number of H-pyrrole nitrogens is 3. The van der Waals surface area contributed by atoms with E-state index in [2.05, 4.69) is 57.7 Å². The van der Waals surface area contributed by atoms with Crippen molar-refractivity contribution in [1.29, 1.82) is 0 Å².